The highest BCUT2D eigenvalue weighted by Crippen LogP contribution is 2.43. The minimum absolute atomic E-state index is 0.0360. The van der Waals surface area contributed by atoms with E-state index in [1.165, 1.54) is 141 Å². The largest absolute Gasteiger partial charge is 0.472 e. The average molecular weight is 1140 g/mol. The number of allylic oxidation sites excluding steroid dienone is 13. The molecule has 0 aliphatic rings. The summed E-state index contributed by atoms with van der Waals surface area (Å²) < 4.78 is 30.8. The minimum atomic E-state index is -4.46. The summed E-state index contributed by atoms with van der Waals surface area (Å²) in [7, 11) is 1.49. The summed E-state index contributed by atoms with van der Waals surface area (Å²) in [4.78, 5) is 37.8. The van der Waals surface area contributed by atoms with Crippen LogP contribution in [0.5, 0.6) is 0 Å². The molecule has 0 rings (SSSR count). The zero-order valence-corrected chi connectivity index (χ0v) is 54.0. The van der Waals surface area contributed by atoms with E-state index in [9.17, 15) is 19.0 Å². The molecule has 3 unspecified atom stereocenters. The molecule has 0 spiro atoms. The molecule has 464 valence electrons. The van der Waals surface area contributed by atoms with E-state index < -0.39 is 20.0 Å². The van der Waals surface area contributed by atoms with E-state index in [1.807, 2.05) is 33.3 Å². The molecule has 0 heterocycles. The number of rotatable bonds is 60. The predicted molar refractivity (Wildman–Crippen MR) is 346 cm³/mol. The highest BCUT2D eigenvalue weighted by Gasteiger charge is 2.30. The quantitative estimate of drug-likeness (QED) is 0.0205. The van der Waals surface area contributed by atoms with Gasteiger partial charge in [0.1, 0.15) is 19.3 Å². The number of hydrogen-bond donors (Lipinski definition) is 2. The van der Waals surface area contributed by atoms with Gasteiger partial charge in [0.15, 0.2) is 0 Å². The average Bonchev–Trinajstić information content (AvgIpc) is 3.42. The van der Waals surface area contributed by atoms with Crippen molar-refractivity contribution in [2.45, 2.75) is 309 Å². The maximum atomic E-state index is 13.6. The zero-order valence-electron chi connectivity index (χ0n) is 53.1. The van der Waals surface area contributed by atoms with Crippen molar-refractivity contribution in [3.63, 3.8) is 0 Å². The molecule has 1 amide bonds. The smallest absolute Gasteiger partial charge is 0.456 e. The van der Waals surface area contributed by atoms with E-state index in [1.54, 1.807) is 0 Å². The molecule has 0 aliphatic carbocycles. The number of unbranched alkanes of at least 4 members (excludes halogenated alkanes) is 32. The van der Waals surface area contributed by atoms with Gasteiger partial charge in [-0.1, -0.05) is 286 Å². The second kappa shape index (κ2) is 59.4. The van der Waals surface area contributed by atoms with Crippen LogP contribution in [0.2, 0.25) is 0 Å². The van der Waals surface area contributed by atoms with Crippen molar-refractivity contribution in [1.29, 1.82) is 0 Å². The van der Waals surface area contributed by atoms with Crippen LogP contribution in [-0.2, 0) is 27.9 Å². The van der Waals surface area contributed by atoms with Crippen LogP contribution in [0.4, 0.5) is 0 Å². The van der Waals surface area contributed by atoms with Gasteiger partial charge in [-0.05, 0) is 83.1 Å². The summed E-state index contributed by atoms with van der Waals surface area (Å²) in [6.07, 6.45) is 78.6. The van der Waals surface area contributed by atoms with Crippen molar-refractivity contribution in [3.05, 3.63) is 85.1 Å². The van der Waals surface area contributed by atoms with Crippen molar-refractivity contribution in [2.75, 3.05) is 40.9 Å². The number of phosphoric ester groups is 1. The summed E-state index contributed by atoms with van der Waals surface area (Å²) in [5.74, 6) is -0.515. The van der Waals surface area contributed by atoms with E-state index in [-0.39, 0.29) is 31.5 Å². The molecular formula is C70H128N2O7P+. The Morgan fingerprint density at radius 3 is 1.20 bits per heavy atom. The first kappa shape index (κ1) is 77.2. The maximum absolute atomic E-state index is 13.6. The molecule has 0 radical (unpaired) electrons. The molecule has 0 fully saturated rings. The Morgan fingerprint density at radius 1 is 0.450 bits per heavy atom. The van der Waals surface area contributed by atoms with Crippen LogP contribution in [0.15, 0.2) is 85.1 Å². The number of nitrogens with zero attached hydrogens (tertiary/aromatic N) is 1. The second-order valence-corrected chi connectivity index (χ2v) is 25.1. The fourth-order valence-corrected chi connectivity index (χ4v) is 10.2. The molecule has 80 heavy (non-hydrogen) atoms. The molecule has 0 aliphatic heterocycles. The third-order valence-corrected chi connectivity index (χ3v) is 15.6. The van der Waals surface area contributed by atoms with Crippen LogP contribution < -0.4 is 5.32 Å². The van der Waals surface area contributed by atoms with Gasteiger partial charge in [0, 0.05) is 12.8 Å². The van der Waals surface area contributed by atoms with E-state index >= 15 is 0 Å². The molecule has 0 aromatic carbocycles. The van der Waals surface area contributed by atoms with Gasteiger partial charge in [-0.15, -0.1) is 0 Å². The minimum Gasteiger partial charge on any atom is -0.456 e. The lowest BCUT2D eigenvalue weighted by atomic mass is 10.0. The van der Waals surface area contributed by atoms with Gasteiger partial charge in [0.25, 0.3) is 0 Å². The van der Waals surface area contributed by atoms with Gasteiger partial charge >= 0.3 is 13.8 Å². The maximum Gasteiger partial charge on any atom is 0.472 e. The Balaban J connectivity index is 5.20. The molecule has 0 saturated heterocycles. The lowest BCUT2D eigenvalue weighted by Gasteiger charge is -2.27. The Morgan fingerprint density at radius 2 is 0.800 bits per heavy atom. The molecule has 0 aromatic rings. The van der Waals surface area contributed by atoms with Crippen LogP contribution in [0.3, 0.4) is 0 Å². The number of phosphoric acid groups is 1. The number of carbonyl (C=O) groups excluding carboxylic acids is 2. The van der Waals surface area contributed by atoms with Crippen LogP contribution in [0, 0.1) is 0 Å². The number of carbonyl (C=O) groups is 2. The van der Waals surface area contributed by atoms with Gasteiger partial charge in [0.05, 0.1) is 33.8 Å². The molecular weight excluding hydrogens is 1010 g/mol. The first-order chi connectivity index (χ1) is 38.9. The van der Waals surface area contributed by atoms with Crippen LogP contribution in [0.25, 0.3) is 0 Å². The normalized spacial score (nSPS) is 14.1. The van der Waals surface area contributed by atoms with Crippen molar-refractivity contribution in [1.82, 2.24) is 5.32 Å². The highest BCUT2D eigenvalue weighted by molar-refractivity contribution is 7.47. The number of quaternary nitrogens is 1. The summed E-state index contributed by atoms with van der Waals surface area (Å²) in [6, 6.07) is -0.857. The Kier molecular flexibility index (Phi) is 57.3. The summed E-state index contributed by atoms with van der Waals surface area (Å²) in [6.45, 7) is 6.91. The standard InChI is InChI=1S/C70H127N2O7P/c1-7-10-13-16-19-22-25-28-30-32-33-34-35-36-37-38-39-40-42-45-48-51-54-57-60-63-70(74)79-68(61-58-55-52-49-46-43-27-24-21-18-15-12-9-3)67(66-78-80(75,76)77-65-64-72(4,5)6)71-69(73)62-59-56-53-50-47-44-41-31-29-26-23-20-17-14-11-8-2/h10,13,19,22,28,30,33-34,36-37,39-40,58,61,67-68H,7-9,11-12,14-18,20-21,23-27,29,31-32,35,38,41-57,59-60,62-66H2,1-6H3,(H-,71,73,75,76)/p+1/b13-10-,22-19-,30-28-,34-33-,37-36-,40-39-,61-58+. The molecule has 9 nitrogen and oxygen atoms in total. The van der Waals surface area contributed by atoms with E-state index in [0.717, 1.165) is 122 Å². The Labute approximate surface area is 495 Å². The van der Waals surface area contributed by atoms with Gasteiger partial charge in [0.2, 0.25) is 5.91 Å². The zero-order chi connectivity index (χ0) is 58.6. The number of hydrogen-bond acceptors (Lipinski definition) is 6. The predicted octanol–water partition coefficient (Wildman–Crippen LogP) is 21.0. The van der Waals surface area contributed by atoms with Crippen molar-refractivity contribution in [2.24, 2.45) is 0 Å². The fraction of sp³-hybridized carbons (Fsp3) is 0.771. The van der Waals surface area contributed by atoms with Crippen LogP contribution in [-0.4, -0.2) is 74.3 Å². The Bertz CT molecular complexity index is 1640. The monoisotopic (exact) mass is 1140 g/mol. The van der Waals surface area contributed by atoms with Gasteiger partial charge in [-0.3, -0.25) is 18.6 Å². The van der Waals surface area contributed by atoms with Gasteiger partial charge in [-0.2, -0.15) is 0 Å². The van der Waals surface area contributed by atoms with Gasteiger partial charge < -0.3 is 19.4 Å². The molecule has 0 aromatic heterocycles. The van der Waals surface area contributed by atoms with E-state index in [0.29, 0.717) is 17.4 Å². The Hall–Kier alpha value is -2.81. The molecule has 2 N–H and O–H groups in total. The molecule has 0 bridgehead atoms. The lowest BCUT2D eigenvalue weighted by molar-refractivity contribution is -0.870. The summed E-state index contributed by atoms with van der Waals surface area (Å²) in [5, 5.41) is 3.06. The number of amides is 1. The van der Waals surface area contributed by atoms with Crippen LogP contribution >= 0.6 is 7.82 Å². The first-order valence-corrected chi connectivity index (χ1v) is 34.9. The van der Waals surface area contributed by atoms with Crippen molar-refractivity contribution >= 4 is 19.7 Å². The molecule has 3 atom stereocenters. The van der Waals surface area contributed by atoms with Crippen LogP contribution in [0.1, 0.15) is 297 Å². The number of ether oxygens (including phenoxy) is 1. The third-order valence-electron chi connectivity index (χ3n) is 14.6. The van der Waals surface area contributed by atoms with Gasteiger partial charge in [-0.25, -0.2) is 4.57 Å². The number of nitrogens with one attached hydrogen (secondary N) is 1. The summed E-state index contributed by atoms with van der Waals surface area (Å²) in [5.41, 5.74) is 0. The number of likely N-dealkylation sites (N-methyl/N-ethyl adjacent to an activating group) is 1. The SMILES string of the molecule is CC/C=C\C/C=C\C/C=C\C/C=C\C/C=C\C/C=C\CCCCCCCCC(=O)OC(/C=C/CCCCCCCCCCCCC)C(COP(=O)(O)OCC[N+](C)(C)C)NC(=O)CCCCCCCCCCCCCCCCCC. The third kappa shape index (κ3) is 59.8. The van der Waals surface area contributed by atoms with E-state index in [2.05, 4.69) is 99.0 Å². The summed E-state index contributed by atoms with van der Waals surface area (Å²) >= 11 is 0. The van der Waals surface area contributed by atoms with E-state index in [4.69, 9.17) is 13.8 Å². The lowest BCUT2D eigenvalue weighted by Crippen LogP contribution is -2.47. The van der Waals surface area contributed by atoms with Crippen molar-refractivity contribution in [3.8, 4) is 0 Å². The molecule has 0 saturated carbocycles. The first-order valence-electron chi connectivity index (χ1n) is 33.4. The highest BCUT2D eigenvalue weighted by atomic mass is 31.2. The topological polar surface area (TPSA) is 111 Å². The number of esters is 1. The fourth-order valence-electron chi connectivity index (χ4n) is 9.47. The van der Waals surface area contributed by atoms with Crippen molar-refractivity contribution < 1.29 is 37.3 Å². The molecule has 10 heteroatoms. The second-order valence-electron chi connectivity index (χ2n) is 23.6.